The zero-order valence-corrected chi connectivity index (χ0v) is 15.4. The Labute approximate surface area is 147 Å². The van der Waals surface area contributed by atoms with E-state index >= 15 is 0 Å². The van der Waals surface area contributed by atoms with Gasteiger partial charge in [-0.2, -0.15) is 0 Å². The van der Waals surface area contributed by atoms with Gasteiger partial charge in [0.15, 0.2) is 5.13 Å². The highest BCUT2D eigenvalue weighted by Gasteiger charge is 2.30. The van der Waals surface area contributed by atoms with Gasteiger partial charge in [-0.3, -0.25) is 4.79 Å². The third-order valence-electron chi connectivity index (χ3n) is 4.83. The van der Waals surface area contributed by atoms with Gasteiger partial charge in [-0.25, -0.2) is 4.98 Å². The first-order valence-electron chi connectivity index (χ1n) is 8.52. The van der Waals surface area contributed by atoms with Gasteiger partial charge in [0.05, 0.1) is 5.41 Å². The summed E-state index contributed by atoms with van der Waals surface area (Å²) < 4.78 is 0. The van der Waals surface area contributed by atoms with Crippen LogP contribution in [0.3, 0.4) is 0 Å². The second kappa shape index (κ2) is 7.03. The van der Waals surface area contributed by atoms with Crippen LogP contribution < -0.4 is 10.6 Å². The smallest absolute Gasteiger partial charge is 0.236 e. The van der Waals surface area contributed by atoms with E-state index < -0.39 is 5.41 Å². The van der Waals surface area contributed by atoms with Crippen molar-refractivity contribution in [1.29, 1.82) is 0 Å². The zero-order valence-electron chi connectivity index (χ0n) is 14.6. The molecule has 0 bridgehead atoms. The van der Waals surface area contributed by atoms with E-state index in [4.69, 9.17) is 0 Å². The number of hydrogen-bond acceptors (Lipinski definition) is 4. The maximum atomic E-state index is 12.8. The molecule has 3 rings (SSSR count). The van der Waals surface area contributed by atoms with Crippen molar-refractivity contribution in [3.63, 3.8) is 0 Å². The molecule has 0 aliphatic carbocycles. The Morgan fingerprint density at radius 3 is 2.58 bits per heavy atom. The van der Waals surface area contributed by atoms with Gasteiger partial charge < -0.3 is 10.6 Å². The molecule has 1 aromatic heterocycles. The number of aromatic nitrogens is 1. The van der Waals surface area contributed by atoms with Crippen molar-refractivity contribution in [2.45, 2.75) is 44.9 Å². The number of benzene rings is 1. The molecule has 2 heterocycles. The molecule has 1 amide bonds. The molecule has 1 aliphatic rings. The molecule has 0 atom stereocenters. The van der Waals surface area contributed by atoms with Crippen LogP contribution >= 0.6 is 11.3 Å². The molecule has 0 radical (unpaired) electrons. The largest absolute Gasteiger partial charge is 0.317 e. The van der Waals surface area contributed by atoms with Gasteiger partial charge in [0.25, 0.3) is 0 Å². The minimum atomic E-state index is -0.589. The van der Waals surface area contributed by atoms with Crippen molar-refractivity contribution in [1.82, 2.24) is 10.3 Å². The highest BCUT2D eigenvalue weighted by atomic mass is 32.1. The number of nitrogens with one attached hydrogen (secondary N) is 2. The number of nitrogens with zero attached hydrogens (tertiary/aromatic N) is 1. The van der Waals surface area contributed by atoms with Crippen molar-refractivity contribution in [2.24, 2.45) is 0 Å². The Hall–Kier alpha value is -1.72. The van der Waals surface area contributed by atoms with E-state index in [9.17, 15) is 4.79 Å². The number of thiazole rings is 1. The second-order valence-corrected chi connectivity index (χ2v) is 8.10. The predicted molar refractivity (Wildman–Crippen MR) is 99.8 cm³/mol. The van der Waals surface area contributed by atoms with E-state index in [2.05, 4.69) is 22.5 Å². The first kappa shape index (κ1) is 17.1. The monoisotopic (exact) mass is 343 g/mol. The van der Waals surface area contributed by atoms with Crippen LogP contribution in [-0.4, -0.2) is 24.0 Å². The summed E-state index contributed by atoms with van der Waals surface area (Å²) in [6, 6.07) is 8.14. The number of rotatable bonds is 4. The van der Waals surface area contributed by atoms with Gasteiger partial charge in [0.1, 0.15) is 0 Å². The Morgan fingerprint density at radius 2 is 1.92 bits per heavy atom. The van der Waals surface area contributed by atoms with Crippen LogP contribution in [-0.2, 0) is 10.2 Å². The quantitative estimate of drug-likeness (QED) is 0.887. The van der Waals surface area contributed by atoms with Gasteiger partial charge in [0.2, 0.25) is 5.91 Å². The molecule has 0 spiro atoms. The molecule has 2 aromatic rings. The summed E-state index contributed by atoms with van der Waals surface area (Å²) in [7, 11) is 0. The van der Waals surface area contributed by atoms with Gasteiger partial charge in [0, 0.05) is 11.1 Å². The third kappa shape index (κ3) is 3.68. The van der Waals surface area contributed by atoms with E-state index in [1.54, 1.807) is 11.3 Å². The zero-order chi connectivity index (χ0) is 17.2. The van der Waals surface area contributed by atoms with Gasteiger partial charge in [-0.1, -0.05) is 29.8 Å². The molecule has 1 aromatic carbocycles. The molecule has 2 N–H and O–H groups in total. The lowest BCUT2D eigenvalue weighted by Crippen LogP contribution is -2.34. The maximum absolute atomic E-state index is 12.8. The molecule has 24 heavy (non-hydrogen) atoms. The minimum Gasteiger partial charge on any atom is -0.317 e. The maximum Gasteiger partial charge on any atom is 0.236 e. The van der Waals surface area contributed by atoms with E-state index in [1.165, 1.54) is 10.4 Å². The fourth-order valence-electron chi connectivity index (χ4n) is 2.99. The number of piperidine rings is 1. The van der Waals surface area contributed by atoms with Gasteiger partial charge in [-0.15, -0.1) is 11.3 Å². The van der Waals surface area contributed by atoms with Gasteiger partial charge in [-0.05, 0) is 58.2 Å². The molecule has 1 aliphatic heterocycles. The molecule has 5 heteroatoms. The number of carbonyl (C=O) groups excluding carboxylic acids is 1. The lowest BCUT2D eigenvalue weighted by molar-refractivity contribution is -0.120. The fraction of sp³-hybridized carbons (Fsp3) is 0.474. The van der Waals surface area contributed by atoms with Crippen LogP contribution in [0, 0.1) is 6.92 Å². The summed E-state index contributed by atoms with van der Waals surface area (Å²) in [6.45, 7) is 8.08. The lowest BCUT2D eigenvalue weighted by atomic mass is 9.83. The first-order chi connectivity index (χ1) is 11.5. The highest BCUT2D eigenvalue weighted by molar-refractivity contribution is 7.15. The summed E-state index contributed by atoms with van der Waals surface area (Å²) >= 11 is 1.61. The third-order valence-corrected chi connectivity index (χ3v) is 5.90. The fourth-order valence-corrected chi connectivity index (χ4v) is 3.97. The lowest BCUT2D eigenvalue weighted by Gasteiger charge is -2.23. The van der Waals surface area contributed by atoms with Crippen LogP contribution in [0.15, 0.2) is 30.5 Å². The predicted octanol–water partition coefficient (Wildman–Crippen LogP) is 3.83. The highest BCUT2D eigenvalue weighted by Crippen LogP contribution is 2.33. The summed E-state index contributed by atoms with van der Waals surface area (Å²) in [6.07, 6.45) is 4.21. The van der Waals surface area contributed by atoms with Crippen molar-refractivity contribution >= 4 is 22.4 Å². The van der Waals surface area contributed by atoms with Crippen LogP contribution in [0.4, 0.5) is 5.13 Å². The van der Waals surface area contributed by atoms with E-state index in [1.807, 2.05) is 44.3 Å². The van der Waals surface area contributed by atoms with Crippen LogP contribution in [0.5, 0.6) is 0 Å². The molecule has 4 nitrogen and oxygen atoms in total. The summed E-state index contributed by atoms with van der Waals surface area (Å²) in [5.74, 6) is 0.553. The number of carbonyl (C=O) groups is 1. The van der Waals surface area contributed by atoms with E-state index in [0.717, 1.165) is 31.5 Å². The number of aryl methyl sites for hydroxylation is 1. The van der Waals surface area contributed by atoms with Gasteiger partial charge >= 0.3 is 0 Å². The summed E-state index contributed by atoms with van der Waals surface area (Å²) in [5.41, 5.74) is 1.62. The van der Waals surface area contributed by atoms with Crippen LogP contribution in [0.1, 0.15) is 48.6 Å². The Balaban J connectivity index is 1.69. The normalized spacial score (nSPS) is 16.1. The minimum absolute atomic E-state index is 0.0161. The number of amides is 1. The molecular formula is C19H25N3OS. The number of hydrogen-bond donors (Lipinski definition) is 2. The molecular weight excluding hydrogens is 318 g/mol. The van der Waals surface area contributed by atoms with Crippen molar-refractivity contribution < 1.29 is 4.79 Å². The Bertz CT molecular complexity index is 700. The van der Waals surface area contributed by atoms with Crippen LogP contribution in [0.2, 0.25) is 0 Å². The number of anilines is 1. The summed E-state index contributed by atoms with van der Waals surface area (Å²) in [4.78, 5) is 18.4. The average molecular weight is 343 g/mol. The topological polar surface area (TPSA) is 54.0 Å². The summed E-state index contributed by atoms with van der Waals surface area (Å²) in [5, 5.41) is 7.09. The standard InChI is InChI=1S/C19H25N3OS/c1-13-4-6-15(7-5-13)19(2,3)17(23)22-18-21-12-16(24-18)14-8-10-20-11-9-14/h4-7,12,14,20H,8-11H2,1-3H3,(H,21,22,23). The van der Waals surface area contributed by atoms with Crippen molar-refractivity contribution in [2.75, 3.05) is 18.4 Å². The average Bonchev–Trinajstić information content (AvgIpc) is 3.04. The SMILES string of the molecule is Cc1ccc(C(C)(C)C(=O)Nc2ncc(C3CCNCC3)s2)cc1. The molecule has 0 unspecified atom stereocenters. The van der Waals surface area contributed by atoms with Crippen molar-refractivity contribution in [3.05, 3.63) is 46.5 Å². The van der Waals surface area contributed by atoms with Crippen molar-refractivity contribution in [3.8, 4) is 0 Å². The first-order valence-corrected chi connectivity index (χ1v) is 9.33. The van der Waals surface area contributed by atoms with E-state index in [-0.39, 0.29) is 5.91 Å². The Morgan fingerprint density at radius 1 is 1.25 bits per heavy atom. The molecule has 0 saturated carbocycles. The molecule has 1 saturated heterocycles. The Kier molecular flexibility index (Phi) is 5.01. The molecule has 1 fully saturated rings. The van der Waals surface area contributed by atoms with E-state index in [0.29, 0.717) is 11.0 Å². The second-order valence-electron chi connectivity index (χ2n) is 7.04. The van der Waals surface area contributed by atoms with Crippen LogP contribution in [0.25, 0.3) is 0 Å². The molecule has 128 valence electrons.